The zero-order valence-electron chi connectivity index (χ0n) is 12.5. The lowest BCUT2D eigenvalue weighted by atomic mass is 9.85. The molecule has 1 aliphatic carbocycles. The summed E-state index contributed by atoms with van der Waals surface area (Å²) in [5.74, 6) is -0.362. The van der Waals surface area contributed by atoms with Crippen LogP contribution in [0.1, 0.15) is 31.2 Å². The van der Waals surface area contributed by atoms with Crippen molar-refractivity contribution >= 4 is 10.0 Å². The standard InChI is InChI=1S/C15H23FN2O2S/c1-11-7-8-13(16)9-15(11)21(19,20)18(2)14-6-4-3-5-12(14)10-17/h7-9,12,14H,3-6,10,17H2,1-2H3. The van der Waals surface area contributed by atoms with E-state index in [1.165, 1.54) is 16.4 Å². The smallest absolute Gasteiger partial charge is 0.243 e. The van der Waals surface area contributed by atoms with Crippen LogP contribution >= 0.6 is 0 Å². The Morgan fingerprint density at radius 1 is 1.33 bits per heavy atom. The largest absolute Gasteiger partial charge is 0.330 e. The van der Waals surface area contributed by atoms with Crippen LogP contribution in [0.2, 0.25) is 0 Å². The molecule has 0 aromatic heterocycles. The zero-order chi connectivity index (χ0) is 15.6. The molecule has 1 fully saturated rings. The lowest BCUT2D eigenvalue weighted by molar-refractivity contribution is 0.204. The van der Waals surface area contributed by atoms with Crippen LogP contribution in [0.5, 0.6) is 0 Å². The highest BCUT2D eigenvalue weighted by Crippen LogP contribution is 2.31. The van der Waals surface area contributed by atoms with Gasteiger partial charge in [-0.1, -0.05) is 18.9 Å². The maximum Gasteiger partial charge on any atom is 0.243 e. The Morgan fingerprint density at radius 3 is 2.67 bits per heavy atom. The molecule has 0 bridgehead atoms. The molecule has 2 rings (SSSR count). The first kappa shape index (κ1) is 16.4. The molecule has 2 unspecified atom stereocenters. The van der Waals surface area contributed by atoms with Gasteiger partial charge in [-0.3, -0.25) is 0 Å². The van der Waals surface area contributed by atoms with Crippen LogP contribution in [0.25, 0.3) is 0 Å². The maximum absolute atomic E-state index is 13.4. The minimum atomic E-state index is -3.70. The van der Waals surface area contributed by atoms with Gasteiger partial charge in [-0.2, -0.15) is 4.31 Å². The molecule has 0 heterocycles. The van der Waals surface area contributed by atoms with E-state index in [9.17, 15) is 12.8 Å². The van der Waals surface area contributed by atoms with Gasteiger partial charge in [0, 0.05) is 13.1 Å². The molecule has 1 aromatic rings. The fourth-order valence-corrected chi connectivity index (χ4v) is 4.81. The van der Waals surface area contributed by atoms with E-state index in [1.54, 1.807) is 14.0 Å². The van der Waals surface area contributed by atoms with Crippen LogP contribution in [0.15, 0.2) is 23.1 Å². The molecule has 0 saturated heterocycles. The Kier molecular flexibility index (Phi) is 5.01. The summed E-state index contributed by atoms with van der Waals surface area (Å²) in [6.45, 7) is 2.16. The van der Waals surface area contributed by atoms with Gasteiger partial charge >= 0.3 is 0 Å². The third-order valence-corrected chi connectivity index (χ3v) is 6.47. The quantitative estimate of drug-likeness (QED) is 0.927. The molecule has 2 N–H and O–H groups in total. The van der Waals surface area contributed by atoms with Crippen LogP contribution < -0.4 is 5.73 Å². The molecule has 2 atom stereocenters. The first-order chi connectivity index (χ1) is 9.87. The van der Waals surface area contributed by atoms with Crippen LogP contribution in [0, 0.1) is 18.7 Å². The average molecular weight is 314 g/mol. The number of benzene rings is 1. The summed E-state index contributed by atoms with van der Waals surface area (Å²) in [6, 6.07) is 3.77. The molecule has 0 radical (unpaired) electrons. The van der Waals surface area contributed by atoms with Crippen molar-refractivity contribution in [3.05, 3.63) is 29.6 Å². The van der Waals surface area contributed by atoms with Gasteiger partial charge in [-0.15, -0.1) is 0 Å². The Hall–Kier alpha value is -0.980. The van der Waals surface area contributed by atoms with Gasteiger partial charge in [0.2, 0.25) is 10.0 Å². The molecule has 118 valence electrons. The third kappa shape index (κ3) is 3.27. The lowest BCUT2D eigenvalue weighted by Crippen LogP contribution is -2.45. The summed E-state index contributed by atoms with van der Waals surface area (Å²) in [7, 11) is -2.12. The van der Waals surface area contributed by atoms with Crippen molar-refractivity contribution in [2.75, 3.05) is 13.6 Å². The van der Waals surface area contributed by atoms with E-state index >= 15 is 0 Å². The summed E-state index contributed by atoms with van der Waals surface area (Å²) in [4.78, 5) is 0.0475. The highest BCUT2D eigenvalue weighted by molar-refractivity contribution is 7.89. The van der Waals surface area contributed by atoms with Crippen LogP contribution in [0.3, 0.4) is 0 Å². The molecule has 21 heavy (non-hydrogen) atoms. The van der Waals surface area contributed by atoms with E-state index in [4.69, 9.17) is 5.73 Å². The van der Waals surface area contributed by atoms with E-state index in [0.717, 1.165) is 31.7 Å². The molecule has 1 aliphatic rings. The topological polar surface area (TPSA) is 63.4 Å². The minimum absolute atomic E-state index is 0.0475. The molecular weight excluding hydrogens is 291 g/mol. The van der Waals surface area contributed by atoms with Crippen molar-refractivity contribution in [1.29, 1.82) is 0 Å². The zero-order valence-corrected chi connectivity index (χ0v) is 13.4. The predicted octanol–water partition coefficient (Wildman–Crippen LogP) is 2.27. The SMILES string of the molecule is Cc1ccc(F)cc1S(=O)(=O)N(C)C1CCCCC1CN. The third-order valence-electron chi connectivity index (χ3n) is 4.45. The second kappa shape index (κ2) is 6.42. The normalized spacial score (nSPS) is 23.5. The summed E-state index contributed by atoms with van der Waals surface area (Å²) in [6.07, 6.45) is 3.85. The number of halogens is 1. The predicted molar refractivity (Wildman–Crippen MR) is 80.9 cm³/mol. The number of nitrogens with two attached hydrogens (primary N) is 1. The number of rotatable bonds is 4. The van der Waals surface area contributed by atoms with Gasteiger partial charge in [0.25, 0.3) is 0 Å². The number of hydrogen-bond donors (Lipinski definition) is 1. The summed E-state index contributed by atoms with van der Waals surface area (Å²) < 4.78 is 40.4. The van der Waals surface area contributed by atoms with Gasteiger partial charge in [0.15, 0.2) is 0 Å². The second-order valence-electron chi connectivity index (χ2n) is 5.78. The first-order valence-corrected chi connectivity index (χ1v) is 8.76. The molecular formula is C15H23FN2O2S. The maximum atomic E-state index is 13.4. The first-order valence-electron chi connectivity index (χ1n) is 7.32. The molecule has 0 aliphatic heterocycles. The minimum Gasteiger partial charge on any atom is -0.330 e. The van der Waals surface area contributed by atoms with E-state index in [1.807, 2.05) is 0 Å². The number of aryl methyl sites for hydroxylation is 1. The van der Waals surface area contributed by atoms with E-state index in [-0.39, 0.29) is 16.9 Å². The number of sulfonamides is 1. The van der Waals surface area contributed by atoms with Gasteiger partial charge in [0.05, 0.1) is 4.90 Å². The van der Waals surface area contributed by atoms with Crippen molar-refractivity contribution in [2.24, 2.45) is 11.7 Å². The molecule has 0 spiro atoms. The second-order valence-corrected chi connectivity index (χ2v) is 7.74. The molecule has 4 nitrogen and oxygen atoms in total. The van der Waals surface area contributed by atoms with Crippen LogP contribution in [0.4, 0.5) is 4.39 Å². The Labute approximate surface area is 126 Å². The Morgan fingerprint density at radius 2 is 2.00 bits per heavy atom. The van der Waals surface area contributed by atoms with Gasteiger partial charge in [-0.05, 0) is 49.9 Å². The van der Waals surface area contributed by atoms with Crippen LogP contribution in [-0.4, -0.2) is 32.4 Å². The van der Waals surface area contributed by atoms with E-state index in [2.05, 4.69) is 0 Å². The van der Waals surface area contributed by atoms with Crippen molar-refractivity contribution in [1.82, 2.24) is 4.31 Å². The lowest BCUT2D eigenvalue weighted by Gasteiger charge is -2.36. The van der Waals surface area contributed by atoms with Gasteiger partial charge < -0.3 is 5.73 Å². The van der Waals surface area contributed by atoms with Crippen molar-refractivity contribution in [3.8, 4) is 0 Å². The fraction of sp³-hybridized carbons (Fsp3) is 0.600. The fourth-order valence-electron chi connectivity index (χ4n) is 3.13. The van der Waals surface area contributed by atoms with Crippen molar-refractivity contribution in [3.63, 3.8) is 0 Å². The molecule has 1 saturated carbocycles. The monoisotopic (exact) mass is 314 g/mol. The molecule has 1 aromatic carbocycles. The Bertz CT molecular complexity index is 604. The van der Waals surface area contributed by atoms with E-state index in [0.29, 0.717) is 12.1 Å². The van der Waals surface area contributed by atoms with Crippen molar-refractivity contribution in [2.45, 2.75) is 43.5 Å². The highest BCUT2D eigenvalue weighted by atomic mass is 32.2. The van der Waals surface area contributed by atoms with Gasteiger partial charge in [0.1, 0.15) is 5.82 Å². The summed E-state index contributed by atoms with van der Waals surface area (Å²) >= 11 is 0. The summed E-state index contributed by atoms with van der Waals surface area (Å²) in [5.41, 5.74) is 6.34. The number of nitrogens with zero attached hydrogens (tertiary/aromatic N) is 1. The molecule has 6 heteroatoms. The molecule has 0 amide bonds. The summed E-state index contributed by atoms with van der Waals surface area (Å²) in [5, 5.41) is 0. The van der Waals surface area contributed by atoms with Gasteiger partial charge in [-0.25, -0.2) is 12.8 Å². The number of hydrogen-bond acceptors (Lipinski definition) is 3. The van der Waals surface area contributed by atoms with Crippen LogP contribution in [-0.2, 0) is 10.0 Å². The van der Waals surface area contributed by atoms with Crippen molar-refractivity contribution < 1.29 is 12.8 Å². The average Bonchev–Trinajstić information content (AvgIpc) is 2.48. The highest BCUT2D eigenvalue weighted by Gasteiger charge is 2.35. The van der Waals surface area contributed by atoms with E-state index < -0.39 is 15.8 Å². The Balaban J connectivity index is 2.36.